The van der Waals surface area contributed by atoms with Gasteiger partial charge in [-0.05, 0) is 35.8 Å². The van der Waals surface area contributed by atoms with Crippen LogP contribution in [-0.4, -0.2) is 24.7 Å². The molecule has 1 unspecified atom stereocenters. The molecule has 2 rings (SSSR count). The summed E-state index contributed by atoms with van der Waals surface area (Å²) in [4.78, 5) is 0. The van der Waals surface area contributed by atoms with Gasteiger partial charge >= 0.3 is 0 Å². The maximum absolute atomic E-state index is 5.52. The fourth-order valence-corrected chi connectivity index (χ4v) is 3.09. The van der Waals surface area contributed by atoms with Gasteiger partial charge in [-0.3, -0.25) is 0 Å². The van der Waals surface area contributed by atoms with E-state index in [1.54, 1.807) is 0 Å². The van der Waals surface area contributed by atoms with Crippen LogP contribution in [-0.2, 0) is 0 Å². The lowest BCUT2D eigenvalue weighted by Gasteiger charge is -2.11. The highest BCUT2D eigenvalue weighted by Gasteiger charge is 2.17. The van der Waals surface area contributed by atoms with Gasteiger partial charge in [-0.1, -0.05) is 12.1 Å². The standard InChI is InChI=1S/C12H17NOS/c13-5-6-14-12-3-1-2-10(8-12)11-4-7-15-9-11/h1-3,8,11H,4-7,9,13H2. The van der Waals surface area contributed by atoms with Crippen molar-refractivity contribution < 1.29 is 4.74 Å². The van der Waals surface area contributed by atoms with Crippen LogP contribution in [0, 0.1) is 0 Å². The molecule has 82 valence electrons. The Morgan fingerprint density at radius 3 is 3.13 bits per heavy atom. The molecule has 1 aliphatic rings. The summed E-state index contributed by atoms with van der Waals surface area (Å²) >= 11 is 2.04. The van der Waals surface area contributed by atoms with Gasteiger partial charge in [0.1, 0.15) is 12.4 Å². The van der Waals surface area contributed by atoms with Gasteiger partial charge in [-0.15, -0.1) is 0 Å². The Morgan fingerprint density at radius 2 is 2.40 bits per heavy atom. The molecule has 2 nitrogen and oxygen atoms in total. The highest BCUT2D eigenvalue weighted by atomic mass is 32.2. The van der Waals surface area contributed by atoms with Crippen LogP contribution in [0.2, 0.25) is 0 Å². The third-order valence-corrected chi connectivity index (χ3v) is 3.81. The zero-order chi connectivity index (χ0) is 10.5. The van der Waals surface area contributed by atoms with Crippen molar-refractivity contribution in [1.29, 1.82) is 0 Å². The lowest BCUT2D eigenvalue weighted by Crippen LogP contribution is -2.10. The molecule has 0 aliphatic carbocycles. The van der Waals surface area contributed by atoms with Crippen molar-refractivity contribution in [3.63, 3.8) is 0 Å². The van der Waals surface area contributed by atoms with Crippen LogP contribution >= 0.6 is 11.8 Å². The normalized spacial score (nSPS) is 20.5. The van der Waals surface area contributed by atoms with E-state index in [9.17, 15) is 0 Å². The summed E-state index contributed by atoms with van der Waals surface area (Å²) in [6, 6.07) is 8.43. The average Bonchev–Trinajstić information content (AvgIpc) is 2.80. The summed E-state index contributed by atoms with van der Waals surface area (Å²) in [5.74, 6) is 4.21. The van der Waals surface area contributed by atoms with E-state index in [-0.39, 0.29) is 0 Å². The lowest BCUT2D eigenvalue weighted by molar-refractivity contribution is 0.328. The van der Waals surface area contributed by atoms with Crippen LogP contribution in [0.25, 0.3) is 0 Å². The van der Waals surface area contributed by atoms with E-state index >= 15 is 0 Å². The molecule has 1 saturated heterocycles. The van der Waals surface area contributed by atoms with Crippen LogP contribution in [0.3, 0.4) is 0 Å². The second-order valence-electron chi connectivity index (χ2n) is 3.77. The first-order chi connectivity index (χ1) is 7.40. The second-order valence-corrected chi connectivity index (χ2v) is 4.92. The minimum atomic E-state index is 0.573. The number of rotatable bonds is 4. The molecule has 15 heavy (non-hydrogen) atoms. The topological polar surface area (TPSA) is 35.2 Å². The zero-order valence-electron chi connectivity index (χ0n) is 8.82. The van der Waals surface area contributed by atoms with Crippen molar-refractivity contribution >= 4 is 11.8 Å². The Bertz CT molecular complexity index is 310. The fourth-order valence-electron chi connectivity index (χ4n) is 1.83. The van der Waals surface area contributed by atoms with Crippen molar-refractivity contribution in [3.05, 3.63) is 29.8 Å². The van der Waals surface area contributed by atoms with Crippen LogP contribution in [0.5, 0.6) is 5.75 Å². The second kappa shape index (κ2) is 5.42. The Balaban J connectivity index is 2.04. The van der Waals surface area contributed by atoms with Crippen molar-refractivity contribution in [2.75, 3.05) is 24.7 Å². The van der Waals surface area contributed by atoms with Crippen molar-refractivity contribution in [1.82, 2.24) is 0 Å². The minimum Gasteiger partial charge on any atom is -0.492 e. The first-order valence-electron chi connectivity index (χ1n) is 5.40. The molecule has 1 aromatic carbocycles. The number of hydrogen-bond donors (Lipinski definition) is 1. The Hall–Kier alpha value is -0.670. The Labute approximate surface area is 95.2 Å². The minimum absolute atomic E-state index is 0.573. The molecule has 2 N–H and O–H groups in total. The number of benzene rings is 1. The van der Waals surface area contributed by atoms with E-state index in [1.807, 2.05) is 17.8 Å². The summed E-state index contributed by atoms with van der Waals surface area (Å²) < 4.78 is 5.52. The summed E-state index contributed by atoms with van der Waals surface area (Å²) in [7, 11) is 0. The monoisotopic (exact) mass is 223 g/mol. The number of ether oxygens (including phenoxy) is 1. The predicted octanol–water partition coefficient (Wildman–Crippen LogP) is 2.24. The first-order valence-corrected chi connectivity index (χ1v) is 6.56. The van der Waals surface area contributed by atoms with Gasteiger partial charge in [-0.2, -0.15) is 11.8 Å². The van der Waals surface area contributed by atoms with E-state index in [0.717, 1.165) is 11.7 Å². The molecule has 1 aromatic rings. The highest BCUT2D eigenvalue weighted by molar-refractivity contribution is 7.99. The molecular weight excluding hydrogens is 206 g/mol. The largest absolute Gasteiger partial charge is 0.492 e. The van der Waals surface area contributed by atoms with Crippen molar-refractivity contribution in [3.8, 4) is 5.75 Å². The molecule has 3 heteroatoms. The van der Waals surface area contributed by atoms with Crippen LogP contribution in [0.1, 0.15) is 17.9 Å². The van der Waals surface area contributed by atoms with Crippen LogP contribution in [0.4, 0.5) is 0 Å². The van der Waals surface area contributed by atoms with Gasteiger partial charge in [0.25, 0.3) is 0 Å². The summed E-state index contributed by atoms with van der Waals surface area (Å²) in [5.41, 5.74) is 6.82. The van der Waals surface area contributed by atoms with Gasteiger partial charge in [0.15, 0.2) is 0 Å². The Kier molecular flexibility index (Phi) is 3.92. The molecule has 1 fully saturated rings. The van der Waals surface area contributed by atoms with Gasteiger partial charge in [0, 0.05) is 12.3 Å². The molecule has 0 saturated carbocycles. The van der Waals surface area contributed by atoms with Gasteiger partial charge in [-0.25, -0.2) is 0 Å². The molecule has 1 heterocycles. The quantitative estimate of drug-likeness (QED) is 0.850. The molecule has 0 aromatic heterocycles. The SMILES string of the molecule is NCCOc1cccc(C2CCSC2)c1. The van der Waals surface area contributed by atoms with Crippen LogP contribution in [0.15, 0.2) is 24.3 Å². The smallest absolute Gasteiger partial charge is 0.119 e. The molecule has 0 radical (unpaired) electrons. The average molecular weight is 223 g/mol. The Morgan fingerprint density at radius 1 is 1.47 bits per heavy atom. The van der Waals surface area contributed by atoms with E-state index < -0.39 is 0 Å². The first kappa shape index (κ1) is 10.8. The zero-order valence-corrected chi connectivity index (χ0v) is 9.63. The molecule has 0 spiro atoms. The number of thioether (sulfide) groups is 1. The fraction of sp³-hybridized carbons (Fsp3) is 0.500. The van der Waals surface area contributed by atoms with Crippen molar-refractivity contribution in [2.45, 2.75) is 12.3 Å². The number of hydrogen-bond acceptors (Lipinski definition) is 3. The maximum Gasteiger partial charge on any atom is 0.119 e. The number of nitrogens with two attached hydrogens (primary N) is 1. The third kappa shape index (κ3) is 2.89. The molecular formula is C12H17NOS. The highest BCUT2D eigenvalue weighted by Crippen LogP contribution is 2.33. The van der Waals surface area contributed by atoms with Crippen molar-refractivity contribution in [2.24, 2.45) is 5.73 Å². The molecule has 1 atom stereocenters. The van der Waals surface area contributed by atoms with Gasteiger partial charge in [0.2, 0.25) is 0 Å². The van der Waals surface area contributed by atoms with Gasteiger partial charge in [0.05, 0.1) is 0 Å². The summed E-state index contributed by atoms with van der Waals surface area (Å²) in [6.45, 7) is 1.17. The molecule has 1 aliphatic heterocycles. The van der Waals surface area contributed by atoms with E-state index in [1.165, 1.54) is 23.5 Å². The summed E-state index contributed by atoms with van der Waals surface area (Å²) in [5, 5.41) is 0. The van der Waals surface area contributed by atoms with E-state index in [4.69, 9.17) is 10.5 Å². The van der Waals surface area contributed by atoms with E-state index in [2.05, 4.69) is 18.2 Å². The molecule has 0 bridgehead atoms. The maximum atomic E-state index is 5.52. The van der Waals surface area contributed by atoms with Crippen LogP contribution < -0.4 is 10.5 Å². The predicted molar refractivity (Wildman–Crippen MR) is 65.7 cm³/mol. The van der Waals surface area contributed by atoms with Gasteiger partial charge < -0.3 is 10.5 Å². The summed E-state index contributed by atoms with van der Waals surface area (Å²) in [6.07, 6.45) is 1.30. The lowest BCUT2D eigenvalue weighted by atomic mass is 9.99. The third-order valence-electron chi connectivity index (χ3n) is 2.65. The molecule has 0 amide bonds. The van der Waals surface area contributed by atoms with E-state index in [0.29, 0.717) is 13.2 Å².